The minimum Gasteiger partial charge on any atom is -0.323 e. The van der Waals surface area contributed by atoms with Crippen LogP contribution in [0.25, 0.3) is 0 Å². The van der Waals surface area contributed by atoms with Crippen molar-refractivity contribution in [1.82, 2.24) is 0 Å². The van der Waals surface area contributed by atoms with Gasteiger partial charge in [0.25, 0.3) is 0 Å². The molecule has 112 valence electrons. The van der Waals surface area contributed by atoms with Crippen LogP contribution < -0.4 is 5.73 Å². The zero-order chi connectivity index (χ0) is 15.2. The fourth-order valence-corrected chi connectivity index (χ4v) is 3.20. The molecule has 2 N–H and O–H groups in total. The maximum absolute atomic E-state index is 6.28. The van der Waals surface area contributed by atoms with E-state index in [1.165, 1.54) is 16.0 Å². The van der Waals surface area contributed by atoms with E-state index in [1.54, 1.807) is 11.8 Å². The van der Waals surface area contributed by atoms with Crippen molar-refractivity contribution in [2.75, 3.05) is 5.75 Å². The Labute approximate surface area is 136 Å². The van der Waals surface area contributed by atoms with Crippen molar-refractivity contribution in [3.8, 4) is 0 Å². The predicted octanol–water partition coefficient (Wildman–Crippen LogP) is 5.33. The molecule has 1 atom stereocenters. The van der Waals surface area contributed by atoms with E-state index in [2.05, 4.69) is 38.1 Å². The molecule has 0 saturated heterocycles. The molecule has 0 heterocycles. The van der Waals surface area contributed by atoms with Crippen molar-refractivity contribution in [1.29, 1.82) is 0 Å². The second-order valence-corrected chi connectivity index (χ2v) is 7.24. The third-order valence-electron chi connectivity index (χ3n) is 3.30. The van der Waals surface area contributed by atoms with Crippen LogP contribution in [-0.2, 0) is 6.42 Å². The van der Waals surface area contributed by atoms with Gasteiger partial charge in [-0.1, -0.05) is 49.7 Å². The summed E-state index contributed by atoms with van der Waals surface area (Å²) in [5.74, 6) is 1.55. The first-order chi connectivity index (χ1) is 10.0. The Morgan fingerprint density at radius 2 is 1.62 bits per heavy atom. The summed E-state index contributed by atoms with van der Waals surface area (Å²) < 4.78 is 0. The molecular formula is C18H22ClNS. The molecule has 0 bridgehead atoms. The lowest BCUT2D eigenvalue weighted by Gasteiger charge is -2.13. The first-order valence-corrected chi connectivity index (χ1v) is 8.63. The molecule has 0 amide bonds. The van der Waals surface area contributed by atoms with Gasteiger partial charge in [0.05, 0.1) is 0 Å². The molecule has 3 heteroatoms. The Morgan fingerprint density at radius 3 is 2.19 bits per heavy atom. The van der Waals surface area contributed by atoms with E-state index in [0.29, 0.717) is 5.92 Å². The molecule has 1 unspecified atom stereocenters. The van der Waals surface area contributed by atoms with E-state index in [1.807, 2.05) is 24.3 Å². The topological polar surface area (TPSA) is 26.0 Å². The summed E-state index contributed by atoms with van der Waals surface area (Å²) >= 11 is 7.65. The van der Waals surface area contributed by atoms with Gasteiger partial charge in [0.15, 0.2) is 0 Å². The summed E-state index contributed by atoms with van der Waals surface area (Å²) in [4.78, 5) is 1.20. The van der Waals surface area contributed by atoms with Gasteiger partial charge in [0.2, 0.25) is 0 Å². The minimum absolute atomic E-state index is 0.0544. The molecule has 0 fully saturated rings. The Hall–Kier alpha value is -0.960. The van der Waals surface area contributed by atoms with Crippen molar-refractivity contribution >= 4 is 23.4 Å². The summed E-state index contributed by atoms with van der Waals surface area (Å²) in [5, 5.41) is 0.768. The van der Waals surface area contributed by atoms with Gasteiger partial charge >= 0.3 is 0 Å². The Bertz CT molecular complexity index is 548. The van der Waals surface area contributed by atoms with E-state index in [0.717, 1.165) is 17.2 Å². The maximum atomic E-state index is 6.28. The van der Waals surface area contributed by atoms with Crippen LogP contribution >= 0.6 is 23.4 Å². The van der Waals surface area contributed by atoms with Crippen molar-refractivity contribution in [2.24, 2.45) is 11.7 Å². The summed E-state index contributed by atoms with van der Waals surface area (Å²) in [7, 11) is 0. The largest absolute Gasteiger partial charge is 0.323 e. The number of nitrogens with two attached hydrogens (primary N) is 1. The Balaban J connectivity index is 1.90. The molecule has 2 rings (SSSR count). The molecule has 1 nitrogen and oxygen atoms in total. The fraction of sp³-hybridized carbons (Fsp3) is 0.333. The SMILES string of the molecule is CC(C)Cc1ccc(C(N)CSc2ccc(Cl)cc2)cc1. The van der Waals surface area contributed by atoms with Gasteiger partial charge in [-0.2, -0.15) is 0 Å². The van der Waals surface area contributed by atoms with E-state index in [4.69, 9.17) is 17.3 Å². The van der Waals surface area contributed by atoms with Crippen molar-refractivity contribution in [3.63, 3.8) is 0 Å². The van der Waals surface area contributed by atoms with Crippen molar-refractivity contribution < 1.29 is 0 Å². The molecule has 0 spiro atoms. The van der Waals surface area contributed by atoms with Crippen LogP contribution in [0.5, 0.6) is 0 Å². The molecule has 0 saturated carbocycles. The first-order valence-electron chi connectivity index (χ1n) is 7.27. The highest BCUT2D eigenvalue weighted by molar-refractivity contribution is 7.99. The van der Waals surface area contributed by atoms with Crippen LogP contribution in [0.1, 0.15) is 31.0 Å². The predicted molar refractivity (Wildman–Crippen MR) is 94.1 cm³/mol. The van der Waals surface area contributed by atoms with Crippen LogP contribution in [0.2, 0.25) is 5.02 Å². The average Bonchev–Trinajstić information content (AvgIpc) is 2.46. The van der Waals surface area contributed by atoms with Gasteiger partial charge in [-0.05, 0) is 47.7 Å². The molecule has 0 aromatic heterocycles. The Morgan fingerprint density at radius 1 is 1.00 bits per heavy atom. The van der Waals surface area contributed by atoms with Gasteiger partial charge in [-0.25, -0.2) is 0 Å². The summed E-state index contributed by atoms with van der Waals surface area (Å²) in [6.45, 7) is 4.48. The highest BCUT2D eigenvalue weighted by atomic mass is 35.5. The highest BCUT2D eigenvalue weighted by Gasteiger charge is 2.07. The second kappa shape index (κ2) is 7.88. The van der Waals surface area contributed by atoms with Crippen molar-refractivity contribution in [3.05, 3.63) is 64.7 Å². The average molecular weight is 320 g/mol. The molecule has 2 aromatic carbocycles. The van der Waals surface area contributed by atoms with Crippen LogP contribution in [0.4, 0.5) is 0 Å². The van der Waals surface area contributed by atoms with Gasteiger partial charge < -0.3 is 5.73 Å². The van der Waals surface area contributed by atoms with Gasteiger partial charge in [-0.3, -0.25) is 0 Å². The fourth-order valence-electron chi connectivity index (χ4n) is 2.19. The lowest BCUT2D eigenvalue weighted by atomic mass is 10.0. The van der Waals surface area contributed by atoms with Crippen molar-refractivity contribution in [2.45, 2.75) is 31.2 Å². The summed E-state index contributed by atoms with van der Waals surface area (Å²) in [6.07, 6.45) is 1.12. The van der Waals surface area contributed by atoms with E-state index in [-0.39, 0.29) is 6.04 Å². The van der Waals surface area contributed by atoms with Gasteiger partial charge in [0.1, 0.15) is 0 Å². The molecular weight excluding hydrogens is 298 g/mol. The molecule has 0 aliphatic heterocycles. The quantitative estimate of drug-likeness (QED) is 0.728. The van der Waals surface area contributed by atoms with E-state index < -0.39 is 0 Å². The third-order valence-corrected chi connectivity index (χ3v) is 4.68. The van der Waals surface area contributed by atoms with Crippen LogP contribution in [-0.4, -0.2) is 5.75 Å². The van der Waals surface area contributed by atoms with Crippen LogP contribution in [0.15, 0.2) is 53.4 Å². The van der Waals surface area contributed by atoms with Gasteiger partial charge in [0, 0.05) is 21.7 Å². The first kappa shape index (κ1) is 16.4. The standard InChI is InChI=1S/C18H22ClNS/c1-13(2)11-14-3-5-15(6-4-14)18(20)12-21-17-9-7-16(19)8-10-17/h3-10,13,18H,11-12,20H2,1-2H3. The lowest BCUT2D eigenvalue weighted by Crippen LogP contribution is -2.13. The molecule has 2 aromatic rings. The van der Waals surface area contributed by atoms with Crippen LogP contribution in [0.3, 0.4) is 0 Å². The maximum Gasteiger partial charge on any atom is 0.0406 e. The van der Waals surface area contributed by atoms with E-state index >= 15 is 0 Å². The minimum atomic E-state index is 0.0544. The monoisotopic (exact) mass is 319 g/mol. The second-order valence-electron chi connectivity index (χ2n) is 5.71. The third kappa shape index (κ3) is 5.39. The van der Waals surface area contributed by atoms with Gasteiger partial charge in [-0.15, -0.1) is 11.8 Å². The number of benzene rings is 2. The highest BCUT2D eigenvalue weighted by Crippen LogP contribution is 2.25. The zero-order valence-electron chi connectivity index (χ0n) is 12.6. The Kier molecular flexibility index (Phi) is 6.16. The molecule has 0 aliphatic carbocycles. The number of hydrogen-bond donors (Lipinski definition) is 1. The number of hydrogen-bond acceptors (Lipinski definition) is 2. The normalized spacial score (nSPS) is 12.6. The smallest absolute Gasteiger partial charge is 0.0406 e. The molecule has 0 radical (unpaired) electrons. The number of halogens is 1. The van der Waals surface area contributed by atoms with Crippen LogP contribution in [0, 0.1) is 5.92 Å². The lowest BCUT2D eigenvalue weighted by molar-refractivity contribution is 0.647. The zero-order valence-corrected chi connectivity index (χ0v) is 14.1. The molecule has 21 heavy (non-hydrogen) atoms. The summed E-state index contributed by atoms with van der Waals surface area (Å²) in [6, 6.07) is 16.7. The van der Waals surface area contributed by atoms with E-state index in [9.17, 15) is 0 Å². The number of rotatable bonds is 6. The summed E-state index contributed by atoms with van der Waals surface area (Å²) in [5.41, 5.74) is 8.86. The number of thioether (sulfide) groups is 1. The molecule has 0 aliphatic rings.